The monoisotopic (exact) mass is 227 g/mol. The molecule has 0 aliphatic rings. The predicted molar refractivity (Wildman–Crippen MR) is 55.8 cm³/mol. The summed E-state index contributed by atoms with van der Waals surface area (Å²) in [6.45, 7) is 0. The zero-order chi connectivity index (χ0) is 11.4. The number of esters is 1. The van der Waals surface area contributed by atoms with Crippen LogP contribution in [0.5, 0.6) is 0 Å². The fourth-order valence-electron chi connectivity index (χ4n) is 1.06. The van der Waals surface area contributed by atoms with Gasteiger partial charge in [-0.1, -0.05) is 23.7 Å². The first-order valence-corrected chi connectivity index (χ1v) is 4.57. The average molecular weight is 228 g/mol. The van der Waals surface area contributed by atoms with Crippen molar-refractivity contribution in [3.8, 4) is 0 Å². The van der Waals surface area contributed by atoms with Gasteiger partial charge in [0.2, 0.25) is 0 Å². The third-order valence-electron chi connectivity index (χ3n) is 1.85. The topological polar surface area (TPSA) is 69.4 Å². The van der Waals surface area contributed by atoms with Gasteiger partial charge in [-0.15, -0.1) is 0 Å². The first kappa shape index (κ1) is 11.7. The van der Waals surface area contributed by atoms with E-state index in [-0.39, 0.29) is 0 Å². The number of hydrogen-bond donors (Lipinski definition) is 1. The zero-order valence-corrected chi connectivity index (χ0v) is 8.82. The maximum Gasteiger partial charge on any atom is 0.330 e. The molecule has 0 heterocycles. The molecule has 0 fully saturated rings. The van der Waals surface area contributed by atoms with Crippen molar-refractivity contribution in [3.05, 3.63) is 34.9 Å². The molecule has 15 heavy (non-hydrogen) atoms. The maximum absolute atomic E-state index is 11.6. The molecule has 2 N–H and O–H groups in total. The molecular weight excluding hydrogens is 218 g/mol. The Bertz CT molecular complexity index is 392. The van der Waals surface area contributed by atoms with Gasteiger partial charge in [0.25, 0.3) is 0 Å². The highest BCUT2D eigenvalue weighted by atomic mass is 35.5. The van der Waals surface area contributed by atoms with E-state index in [9.17, 15) is 9.59 Å². The van der Waals surface area contributed by atoms with Crippen molar-refractivity contribution in [2.75, 3.05) is 7.11 Å². The molecule has 1 unspecified atom stereocenters. The minimum atomic E-state index is -1.30. The van der Waals surface area contributed by atoms with Gasteiger partial charge in [0.15, 0.2) is 11.8 Å². The number of rotatable bonds is 3. The van der Waals surface area contributed by atoms with Gasteiger partial charge < -0.3 is 10.5 Å². The second kappa shape index (κ2) is 4.91. The highest BCUT2D eigenvalue weighted by Crippen LogP contribution is 2.12. The number of halogens is 1. The van der Waals surface area contributed by atoms with Crippen molar-refractivity contribution in [3.63, 3.8) is 0 Å². The molecule has 0 spiro atoms. The average Bonchev–Trinajstić information content (AvgIpc) is 2.26. The molecule has 1 rings (SSSR count). The van der Waals surface area contributed by atoms with Crippen molar-refractivity contribution < 1.29 is 14.3 Å². The van der Waals surface area contributed by atoms with Crippen LogP contribution in [0.15, 0.2) is 24.3 Å². The molecule has 0 aromatic heterocycles. The Morgan fingerprint density at radius 3 is 2.67 bits per heavy atom. The van der Waals surface area contributed by atoms with E-state index < -0.39 is 17.8 Å². The fourth-order valence-corrected chi connectivity index (χ4v) is 1.25. The van der Waals surface area contributed by atoms with E-state index in [0.29, 0.717) is 10.6 Å². The first-order chi connectivity index (χ1) is 7.06. The van der Waals surface area contributed by atoms with E-state index in [2.05, 4.69) is 4.74 Å². The molecule has 5 heteroatoms. The standard InChI is InChI=1S/C10H10ClNO3/c1-15-10(14)8(12)9(13)6-3-2-4-7(11)5-6/h2-5,8H,12H2,1H3. The lowest BCUT2D eigenvalue weighted by atomic mass is 10.1. The van der Waals surface area contributed by atoms with Crippen LogP contribution in [0.1, 0.15) is 10.4 Å². The number of carbonyl (C=O) groups is 2. The van der Waals surface area contributed by atoms with Crippen LogP contribution >= 0.6 is 11.6 Å². The molecule has 1 atom stereocenters. The summed E-state index contributed by atoms with van der Waals surface area (Å²) >= 11 is 5.70. The Labute approximate surface area is 92.0 Å². The van der Waals surface area contributed by atoms with Gasteiger partial charge in [-0.25, -0.2) is 4.79 Å². The molecule has 0 radical (unpaired) electrons. The molecule has 0 amide bonds. The normalized spacial score (nSPS) is 11.9. The van der Waals surface area contributed by atoms with Gasteiger partial charge in [-0.2, -0.15) is 0 Å². The van der Waals surface area contributed by atoms with E-state index in [0.717, 1.165) is 0 Å². The highest BCUT2D eigenvalue weighted by Gasteiger charge is 2.23. The first-order valence-electron chi connectivity index (χ1n) is 4.19. The van der Waals surface area contributed by atoms with E-state index in [1.165, 1.54) is 19.2 Å². The minimum absolute atomic E-state index is 0.292. The van der Waals surface area contributed by atoms with Crippen molar-refractivity contribution in [1.29, 1.82) is 0 Å². The molecule has 1 aromatic carbocycles. The Morgan fingerprint density at radius 1 is 1.47 bits per heavy atom. The summed E-state index contributed by atoms with van der Waals surface area (Å²) in [5.41, 5.74) is 5.68. The summed E-state index contributed by atoms with van der Waals surface area (Å²) in [7, 11) is 1.17. The second-order valence-corrected chi connectivity index (χ2v) is 3.31. The van der Waals surface area contributed by atoms with E-state index in [1.807, 2.05) is 0 Å². The van der Waals surface area contributed by atoms with Crippen LogP contribution in [0.2, 0.25) is 5.02 Å². The number of Topliss-reactive ketones (excluding diaryl/α,β-unsaturated/α-hetero) is 1. The quantitative estimate of drug-likeness (QED) is 0.476. The summed E-state index contributed by atoms with van der Waals surface area (Å²) in [4.78, 5) is 22.6. The molecular formula is C10H10ClNO3. The molecule has 0 aliphatic heterocycles. The summed E-state index contributed by atoms with van der Waals surface area (Å²) < 4.78 is 4.37. The van der Waals surface area contributed by atoms with Gasteiger partial charge >= 0.3 is 5.97 Å². The van der Waals surface area contributed by atoms with Gasteiger partial charge in [-0.05, 0) is 12.1 Å². The van der Waals surface area contributed by atoms with Crippen LogP contribution in [-0.2, 0) is 9.53 Å². The Balaban J connectivity index is 2.90. The molecule has 0 bridgehead atoms. The molecule has 0 saturated heterocycles. The molecule has 4 nitrogen and oxygen atoms in total. The summed E-state index contributed by atoms with van der Waals surface area (Å²) in [5.74, 6) is -1.27. The van der Waals surface area contributed by atoms with Crippen LogP contribution in [0.3, 0.4) is 0 Å². The van der Waals surface area contributed by atoms with Gasteiger partial charge in [0, 0.05) is 10.6 Å². The van der Waals surface area contributed by atoms with Crippen molar-refractivity contribution in [1.82, 2.24) is 0 Å². The van der Waals surface area contributed by atoms with E-state index in [1.54, 1.807) is 12.1 Å². The summed E-state index contributed by atoms with van der Waals surface area (Å²) in [6, 6.07) is 4.93. The number of hydrogen-bond acceptors (Lipinski definition) is 4. The van der Waals surface area contributed by atoms with Crippen LogP contribution < -0.4 is 5.73 Å². The number of ether oxygens (including phenoxy) is 1. The molecule has 80 valence electrons. The number of nitrogens with two attached hydrogens (primary N) is 1. The second-order valence-electron chi connectivity index (χ2n) is 2.88. The smallest absolute Gasteiger partial charge is 0.330 e. The van der Waals surface area contributed by atoms with Gasteiger partial charge in [0.1, 0.15) is 0 Å². The Morgan fingerprint density at radius 2 is 2.13 bits per heavy atom. The van der Waals surface area contributed by atoms with Crippen molar-refractivity contribution in [2.45, 2.75) is 6.04 Å². The summed E-state index contributed by atoms with van der Waals surface area (Å²) in [6.07, 6.45) is 0. The Hall–Kier alpha value is -1.39. The third kappa shape index (κ3) is 2.78. The minimum Gasteiger partial charge on any atom is -0.468 e. The number of benzene rings is 1. The lowest BCUT2D eigenvalue weighted by Crippen LogP contribution is -2.39. The Kier molecular flexibility index (Phi) is 3.82. The van der Waals surface area contributed by atoms with Gasteiger partial charge in [-0.3, -0.25) is 4.79 Å². The van der Waals surface area contributed by atoms with Crippen LogP contribution in [0.25, 0.3) is 0 Å². The van der Waals surface area contributed by atoms with Crippen LogP contribution in [0, 0.1) is 0 Å². The molecule has 1 aromatic rings. The van der Waals surface area contributed by atoms with E-state index in [4.69, 9.17) is 17.3 Å². The van der Waals surface area contributed by atoms with Crippen molar-refractivity contribution >= 4 is 23.4 Å². The summed E-state index contributed by atoms with van der Waals surface area (Å²) in [5, 5.41) is 0.415. The van der Waals surface area contributed by atoms with Crippen LogP contribution in [-0.4, -0.2) is 24.9 Å². The van der Waals surface area contributed by atoms with Gasteiger partial charge in [0.05, 0.1) is 7.11 Å². The van der Waals surface area contributed by atoms with Crippen molar-refractivity contribution in [2.24, 2.45) is 5.73 Å². The third-order valence-corrected chi connectivity index (χ3v) is 2.08. The lowest BCUT2D eigenvalue weighted by molar-refractivity contribution is -0.140. The van der Waals surface area contributed by atoms with E-state index >= 15 is 0 Å². The molecule has 0 aliphatic carbocycles. The number of ketones is 1. The predicted octanol–water partition coefficient (Wildman–Crippen LogP) is 1.02. The SMILES string of the molecule is COC(=O)C(N)C(=O)c1cccc(Cl)c1. The highest BCUT2D eigenvalue weighted by molar-refractivity contribution is 6.31. The largest absolute Gasteiger partial charge is 0.468 e. The maximum atomic E-state index is 11.6. The lowest BCUT2D eigenvalue weighted by Gasteiger charge is -2.07. The zero-order valence-electron chi connectivity index (χ0n) is 8.07. The number of methoxy groups -OCH3 is 1. The fraction of sp³-hybridized carbons (Fsp3) is 0.200. The number of carbonyl (C=O) groups excluding carboxylic acids is 2. The molecule has 0 saturated carbocycles. The van der Waals surface area contributed by atoms with Crippen LogP contribution in [0.4, 0.5) is 0 Å².